The molecule has 96 valence electrons. The molecule has 0 aliphatic rings. The molecule has 1 aromatic carbocycles. The Kier molecular flexibility index (Phi) is 4.14. The minimum absolute atomic E-state index is 0.174. The summed E-state index contributed by atoms with van der Waals surface area (Å²) in [6, 6.07) is 5.79. The predicted molar refractivity (Wildman–Crippen MR) is 74.0 cm³/mol. The molecule has 0 amide bonds. The SMILES string of the molecule is CCC[C@H](N)c1nc(-c2ccc(Br)cc2C)no1. The van der Waals surface area contributed by atoms with E-state index in [1.807, 2.05) is 25.1 Å². The van der Waals surface area contributed by atoms with E-state index in [4.69, 9.17) is 10.3 Å². The molecule has 0 aliphatic carbocycles. The number of halogens is 1. The lowest BCUT2D eigenvalue weighted by Crippen LogP contribution is -2.09. The van der Waals surface area contributed by atoms with E-state index in [1.165, 1.54) is 0 Å². The second-order valence-corrected chi connectivity index (χ2v) is 5.23. The second kappa shape index (κ2) is 5.63. The van der Waals surface area contributed by atoms with Gasteiger partial charge >= 0.3 is 0 Å². The number of benzene rings is 1. The van der Waals surface area contributed by atoms with Crippen molar-refractivity contribution >= 4 is 15.9 Å². The van der Waals surface area contributed by atoms with Crippen LogP contribution in [0.3, 0.4) is 0 Å². The van der Waals surface area contributed by atoms with Gasteiger partial charge in [-0.05, 0) is 37.1 Å². The molecule has 1 aromatic heterocycles. The Morgan fingerprint density at radius 3 is 2.89 bits per heavy atom. The maximum Gasteiger partial charge on any atom is 0.243 e. The first-order valence-corrected chi connectivity index (χ1v) is 6.76. The number of aromatic nitrogens is 2. The summed E-state index contributed by atoms with van der Waals surface area (Å²) in [6.07, 6.45) is 1.84. The second-order valence-electron chi connectivity index (χ2n) is 4.31. The molecule has 0 unspecified atom stereocenters. The zero-order valence-electron chi connectivity index (χ0n) is 10.5. The third-order valence-electron chi connectivity index (χ3n) is 2.79. The van der Waals surface area contributed by atoms with Crippen LogP contribution in [0.4, 0.5) is 0 Å². The Bertz CT molecular complexity index is 539. The van der Waals surface area contributed by atoms with Gasteiger partial charge in [0.15, 0.2) is 0 Å². The highest BCUT2D eigenvalue weighted by atomic mass is 79.9. The van der Waals surface area contributed by atoms with Crippen molar-refractivity contribution in [3.05, 3.63) is 34.1 Å². The predicted octanol–water partition coefficient (Wildman–Crippen LogP) is 3.61. The molecule has 4 nitrogen and oxygen atoms in total. The van der Waals surface area contributed by atoms with Gasteiger partial charge in [0, 0.05) is 10.0 Å². The molecule has 0 bridgehead atoms. The summed E-state index contributed by atoms with van der Waals surface area (Å²) >= 11 is 3.43. The van der Waals surface area contributed by atoms with Crippen LogP contribution in [0.15, 0.2) is 27.2 Å². The van der Waals surface area contributed by atoms with E-state index >= 15 is 0 Å². The van der Waals surface area contributed by atoms with Gasteiger partial charge in [-0.25, -0.2) is 0 Å². The lowest BCUT2D eigenvalue weighted by molar-refractivity contribution is 0.348. The number of hydrogen-bond acceptors (Lipinski definition) is 4. The summed E-state index contributed by atoms with van der Waals surface area (Å²) in [7, 11) is 0. The molecule has 5 heteroatoms. The highest BCUT2D eigenvalue weighted by Gasteiger charge is 2.15. The zero-order chi connectivity index (χ0) is 13.1. The largest absolute Gasteiger partial charge is 0.337 e. The van der Waals surface area contributed by atoms with Gasteiger partial charge in [0.25, 0.3) is 0 Å². The first kappa shape index (κ1) is 13.2. The third kappa shape index (κ3) is 2.79. The average molecular weight is 310 g/mol. The van der Waals surface area contributed by atoms with Crippen LogP contribution in [-0.4, -0.2) is 10.1 Å². The summed E-state index contributed by atoms with van der Waals surface area (Å²) in [6.45, 7) is 4.10. The van der Waals surface area contributed by atoms with Crippen molar-refractivity contribution in [1.82, 2.24) is 10.1 Å². The molecule has 1 atom stereocenters. The summed E-state index contributed by atoms with van der Waals surface area (Å²) < 4.78 is 6.26. The molecule has 0 spiro atoms. The van der Waals surface area contributed by atoms with Crippen molar-refractivity contribution in [1.29, 1.82) is 0 Å². The van der Waals surface area contributed by atoms with Crippen molar-refractivity contribution in [3.63, 3.8) is 0 Å². The number of rotatable bonds is 4. The Labute approximate surface area is 115 Å². The molecule has 0 aliphatic heterocycles. The molecule has 0 fully saturated rings. The number of nitrogens with zero attached hydrogens (tertiary/aromatic N) is 2. The van der Waals surface area contributed by atoms with E-state index < -0.39 is 0 Å². The molecule has 0 radical (unpaired) electrons. The van der Waals surface area contributed by atoms with Gasteiger partial charge in [0.2, 0.25) is 11.7 Å². The lowest BCUT2D eigenvalue weighted by atomic mass is 10.1. The topological polar surface area (TPSA) is 64.9 Å². The molecule has 0 saturated carbocycles. The van der Waals surface area contributed by atoms with Crippen LogP contribution < -0.4 is 5.73 Å². The molecule has 2 rings (SSSR count). The number of hydrogen-bond donors (Lipinski definition) is 1. The maximum atomic E-state index is 5.96. The Morgan fingerprint density at radius 2 is 2.22 bits per heavy atom. The quantitative estimate of drug-likeness (QED) is 0.937. The molecule has 2 N–H and O–H groups in total. The van der Waals surface area contributed by atoms with Crippen LogP contribution in [0.1, 0.15) is 37.3 Å². The van der Waals surface area contributed by atoms with Gasteiger partial charge < -0.3 is 10.3 Å². The summed E-state index contributed by atoms with van der Waals surface area (Å²) in [5.74, 6) is 1.11. The molecular formula is C13H16BrN3O. The molecule has 2 aromatic rings. The van der Waals surface area contributed by atoms with E-state index in [9.17, 15) is 0 Å². The average Bonchev–Trinajstić information content (AvgIpc) is 2.78. The first-order chi connectivity index (χ1) is 8.61. The van der Waals surface area contributed by atoms with Crippen LogP contribution in [0.25, 0.3) is 11.4 Å². The lowest BCUT2D eigenvalue weighted by Gasteiger charge is -2.03. The summed E-state index contributed by atoms with van der Waals surface area (Å²) in [4.78, 5) is 4.37. The fourth-order valence-electron chi connectivity index (χ4n) is 1.81. The van der Waals surface area contributed by atoms with E-state index in [0.717, 1.165) is 28.4 Å². The van der Waals surface area contributed by atoms with E-state index in [-0.39, 0.29) is 6.04 Å². The van der Waals surface area contributed by atoms with E-state index in [0.29, 0.717) is 11.7 Å². The Morgan fingerprint density at radius 1 is 1.44 bits per heavy atom. The van der Waals surface area contributed by atoms with Crippen molar-refractivity contribution < 1.29 is 4.52 Å². The monoisotopic (exact) mass is 309 g/mol. The van der Waals surface area contributed by atoms with Crippen LogP contribution in [-0.2, 0) is 0 Å². The van der Waals surface area contributed by atoms with Gasteiger partial charge in [0.1, 0.15) is 0 Å². The molecule has 1 heterocycles. The number of nitrogens with two attached hydrogens (primary N) is 1. The van der Waals surface area contributed by atoms with Gasteiger partial charge in [-0.3, -0.25) is 0 Å². The van der Waals surface area contributed by atoms with Crippen molar-refractivity contribution in [3.8, 4) is 11.4 Å². The summed E-state index contributed by atoms with van der Waals surface area (Å²) in [5, 5.41) is 4.00. The van der Waals surface area contributed by atoms with Crippen LogP contribution >= 0.6 is 15.9 Å². The minimum Gasteiger partial charge on any atom is -0.337 e. The van der Waals surface area contributed by atoms with Crippen molar-refractivity contribution in [2.75, 3.05) is 0 Å². The highest BCUT2D eigenvalue weighted by Crippen LogP contribution is 2.25. The normalized spacial score (nSPS) is 12.7. The van der Waals surface area contributed by atoms with Gasteiger partial charge in [-0.1, -0.05) is 34.4 Å². The molecule has 18 heavy (non-hydrogen) atoms. The van der Waals surface area contributed by atoms with Crippen LogP contribution in [0, 0.1) is 6.92 Å². The Balaban J connectivity index is 2.29. The van der Waals surface area contributed by atoms with Crippen LogP contribution in [0.2, 0.25) is 0 Å². The van der Waals surface area contributed by atoms with E-state index in [1.54, 1.807) is 0 Å². The smallest absolute Gasteiger partial charge is 0.243 e. The standard InChI is InChI=1S/C13H16BrN3O/c1-3-4-11(15)13-16-12(17-18-13)10-6-5-9(14)7-8(10)2/h5-7,11H,3-4,15H2,1-2H3/t11-/m0/s1. The maximum absolute atomic E-state index is 5.96. The minimum atomic E-state index is -0.174. The zero-order valence-corrected chi connectivity index (χ0v) is 12.1. The van der Waals surface area contributed by atoms with E-state index in [2.05, 4.69) is 33.0 Å². The van der Waals surface area contributed by atoms with Crippen molar-refractivity contribution in [2.45, 2.75) is 32.7 Å². The molecular weight excluding hydrogens is 294 g/mol. The fraction of sp³-hybridized carbons (Fsp3) is 0.385. The van der Waals surface area contributed by atoms with Gasteiger partial charge in [0.05, 0.1) is 6.04 Å². The van der Waals surface area contributed by atoms with Crippen LogP contribution in [0.5, 0.6) is 0 Å². The van der Waals surface area contributed by atoms with Gasteiger partial charge in [-0.2, -0.15) is 4.98 Å². The highest BCUT2D eigenvalue weighted by molar-refractivity contribution is 9.10. The first-order valence-electron chi connectivity index (χ1n) is 5.97. The third-order valence-corrected chi connectivity index (χ3v) is 3.28. The Hall–Kier alpha value is -1.20. The van der Waals surface area contributed by atoms with Gasteiger partial charge in [-0.15, -0.1) is 0 Å². The number of aryl methyl sites for hydroxylation is 1. The van der Waals surface area contributed by atoms with Crippen molar-refractivity contribution in [2.24, 2.45) is 5.73 Å². The molecule has 0 saturated heterocycles. The fourth-order valence-corrected chi connectivity index (χ4v) is 2.28. The summed E-state index contributed by atoms with van der Waals surface area (Å²) in [5.41, 5.74) is 8.02.